The average Bonchev–Trinajstić information content (AvgIpc) is 2.80. The summed E-state index contributed by atoms with van der Waals surface area (Å²) in [6, 6.07) is 6.74. The molecule has 0 spiro atoms. The second-order valence-electron chi connectivity index (χ2n) is 5.71. The van der Waals surface area contributed by atoms with Crippen LogP contribution in [0.3, 0.4) is 0 Å². The van der Waals surface area contributed by atoms with Gasteiger partial charge in [-0.05, 0) is 31.5 Å². The third-order valence-electron chi connectivity index (χ3n) is 3.62. The first-order valence-corrected chi connectivity index (χ1v) is 9.93. The van der Waals surface area contributed by atoms with Crippen molar-refractivity contribution in [3.05, 3.63) is 40.0 Å². The summed E-state index contributed by atoms with van der Waals surface area (Å²) in [7, 11) is -2.95. The normalized spacial score (nSPS) is 19.2. The van der Waals surface area contributed by atoms with Crippen LogP contribution in [0.15, 0.2) is 24.3 Å². The van der Waals surface area contributed by atoms with E-state index in [0.29, 0.717) is 33.9 Å². The van der Waals surface area contributed by atoms with Crippen LogP contribution in [0, 0.1) is 6.92 Å². The van der Waals surface area contributed by atoms with Crippen LogP contribution in [0.1, 0.15) is 12.1 Å². The van der Waals surface area contributed by atoms with Gasteiger partial charge in [0.2, 0.25) is 5.95 Å². The van der Waals surface area contributed by atoms with Gasteiger partial charge in [0, 0.05) is 22.8 Å². The van der Waals surface area contributed by atoms with Gasteiger partial charge in [0.25, 0.3) is 0 Å². The highest BCUT2D eigenvalue weighted by Gasteiger charge is 2.28. The molecule has 0 aliphatic carbocycles. The second kappa shape index (κ2) is 6.74. The quantitative estimate of drug-likeness (QED) is 0.836. The molecule has 1 atom stereocenters. The standard InChI is InChI=1S/C15H16Cl2N4O2S/c1-9-6-14(19-11-4-5-24(22,23)8-11)21-15(18-9)20-13-3-2-10(16)7-12(13)17/h2-3,6-7,11H,4-5,8H2,1H3,(H2,18,19,20,21). The van der Waals surface area contributed by atoms with Crippen molar-refractivity contribution in [3.8, 4) is 0 Å². The number of nitrogens with zero attached hydrogens (tertiary/aromatic N) is 2. The number of hydrogen-bond donors (Lipinski definition) is 2. The molecule has 1 fully saturated rings. The van der Waals surface area contributed by atoms with E-state index in [1.165, 1.54) is 0 Å². The number of sulfone groups is 1. The molecule has 0 radical (unpaired) electrons. The molecule has 1 aromatic heterocycles. The first-order chi connectivity index (χ1) is 11.3. The largest absolute Gasteiger partial charge is 0.366 e. The number of aryl methyl sites for hydroxylation is 1. The van der Waals surface area contributed by atoms with Gasteiger partial charge < -0.3 is 10.6 Å². The smallest absolute Gasteiger partial charge is 0.229 e. The lowest BCUT2D eigenvalue weighted by Gasteiger charge is -2.14. The molecule has 3 rings (SSSR count). The molecule has 2 heterocycles. The van der Waals surface area contributed by atoms with Crippen LogP contribution in [0.2, 0.25) is 10.0 Å². The number of rotatable bonds is 4. The van der Waals surface area contributed by atoms with E-state index < -0.39 is 9.84 Å². The Labute approximate surface area is 150 Å². The van der Waals surface area contributed by atoms with Crippen LogP contribution >= 0.6 is 23.2 Å². The molecular formula is C15H16Cl2N4O2S. The lowest BCUT2D eigenvalue weighted by Crippen LogP contribution is -2.21. The zero-order valence-corrected chi connectivity index (χ0v) is 15.2. The molecule has 1 aliphatic heterocycles. The summed E-state index contributed by atoms with van der Waals surface area (Å²) in [6.45, 7) is 1.84. The third-order valence-corrected chi connectivity index (χ3v) is 5.93. The zero-order chi connectivity index (χ0) is 17.3. The van der Waals surface area contributed by atoms with Gasteiger partial charge in [-0.1, -0.05) is 23.2 Å². The van der Waals surface area contributed by atoms with Crippen molar-refractivity contribution in [1.82, 2.24) is 9.97 Å². The number of benzene rings is 1. The lowest BCUT2D eigenvalue weighted by atomic mass is 10.2. The molecular weight excluding hydrogens is 371 g/mol. The van der Waals surface area contributed by atoms with Crippen molar-refractivity contribution in [2.75, 3.05) is 22.1 Å². The summed E-state index contributed by atoms with van der Waals surface area (Å²) in [5.74, 6) is 1.29. The van der Waals surface area contributed by atoms with Gasteiger partial charge in [0.05, 0.1) is 22.2 Å². The van der Waals surface area contributed by atoms with Crippen molar-refractivity contribution in [3.63, 3.8) is 0 Å². The van der Waals surface area contributed by atoms with E-state index in [0.717, 1.165) is 5.69 Å². The monoisotopic (exact) mass is 386 g/mol. The Morgan fingerprint density at radius 1 is 1.21 bits per heavy atom. The van der Waals surface area contributed by atoms with Crippen LogP contribution in [0.25, 0.3) is 0 Å². The zero-order valence-electron chi connectivity index (χ0n) is 12.9. The molecule has 1 unspecified atom stereocenters. The van der Waals surface area contributed by atoms with Crippen LogP contribution < -0.4 is 10.6 Å². The molecule has 24 heavy (non-hydrogen) atoms. The Bertz CT molecular complexity index is 874. The number of nitrogens with one attached hydrogen (secondary N) is 2. The molecule has 9 heteroatoms. The fourth-order valence-corrected chi connectivity index (χ4v) is 4.66. The molecule has 128 valence electrons. The number of anilines is 3. The Morgan fingerprint density at radius 2 is 2.00 bits per heavy atom. The van der Waals surface area contributed by atoms with E-state index in [9.17, 15) is 8.42 Å². The van der Waals surface area contributed by atoms with E-state index in [4.69, 9.17) is 23.2 Å². The van der Waals surface area contributed by atoms with Crippen molar-refractivity contribution in [1.29, 1.82) is 0 Å². The Morgan fingerprint density at radius 3 is 2.67 bits per heavy atom. The maximum Gasteiger partial charge on any atom is 0.229 e. The maximum absolute atomic E-state index is 11.6. The van der Waals surface area contributed by atoms with E-state index in [1.807, 2.05) is 6.92 Å². The van der Waals surface area contributed by atoms with E-state index in [1.54, 1.807) is 24.3 Å². The van der Waals surface area contributed by atoms with Gasteiger partial charge in [0.1, 0.15) is 5.82 Å². The van der Waals surface area contributed by atoms with Gasteiger partial charge in [0.15, 0.2) is 9.84 Å². The Kier molecular flexibility index (Phi) is 4.85. The van der Waals surface area contributed by atoms with Gasteiger partial charge in [-0.15, -0.1) is 0 Å². The minimum absolute atomic E-state index is 0.127. The van der Waals surface area contributed by atoms with E-state index in [-0.39, 0.29) is 17.5 Å². The highest BCUT2D eigenvalue weighted by molar-refractivity contribution is 7.91. The number of halogens is 2. The van der Waals surface area contributed by atoms with Crippen molar-refractivity contribution < 1.29 is 8.42 Å². The SMILES string of the molecule is Cc1cc(NC2CCS(=O)(=O)C2)nc(Nc2ccc(Cl)cc2Cl)n1. The topological polar surface area (TPSA) is 84.0 Å². The van der Waals surface area contributed by atoms with Gasteiger partial charge >= 0.3 is 0 Å². The van der Waals surface area contributed by atoms with Crippen LogP contribution in [-0.2, 0) is 9.84 Å². The highest BCUT2D eigenvalue weighted by atomic mass is 35.5. The fourth-order valence-electron chi connectivity index (χ4n) is 2.53. The number of aromatic nitrogens is 2. The summed E-state index contributed by atoms with van der Waals surface area (Å²) in [5.41, 5.74) is 1.39. The highest BCUT2D eigenvalue weighted by Crippen LogP contribution is 2.27. The van der Waals surface area contributed by atoms with Crippen molar-refractivity contribution in [2.24, 2.45) is 0 Å². The van der Waals surface area contributed by atoms with Gasteiger partial charge in [-0.25, -0.2) is 13.4 Å². The summed E-state index contributed by atoms with van der Waals surface area (Å²) >= 11 is 12.0. The van der Waals surface area contributed by atoms with Crippen molar-refractivity contribution >= 4 is 50.5 Å². The van der Waals surface area contributed by atoms with E-state index >= 15 is 0 Å². The van der Waals surface area contributed by atoms with E-state index in [2.05, 4.69) is 20.6 Å². The number of hydrogen-bond acceptors (Lipinski definition) is 6. The molecule has 2 N–H and O–H groups in total. The van der Waals surface area contributed by atoms with Crippen LogP contribution in [-0.4, -0.2) is 35.9 Å². The third kappa shape index (κ3) is 4.28. The summed E-state index contributed by atoms with van der Waals surface area (Å²) in [6.07, 6.45) is 0.581. The molecule has 1 aliphatic rings. The van der Waals surface area contributed by atoms with Crippen LogP contribution in [0.5, 0.6) is 0 Å². The Balaban J connectivity index is 1.79. The van der Waals surface area contributed by atoms with Gasteiger partial charge in [-0.2, -0.15) is 4.98 Å². The second-order valence-corrected chi connectivity index (χ2v) is 8.78. The summed E-state index contributed by atoms with van der Waals surface area (Å²) < 4.78 is 23.1. The molecule has 2 aromatic rings. The molecule has 0 saturated carbocycles. The molecule has 1 saturated heterocycles. The first-order valence-electron chi connectivity index (χ1n) is 7.35. The van der Waals surface area contributed by atoms with Crippen LogP contribution in [0.4, 0.5) is 17.5 Å². The molecule has 0 bridgehead atoms. The first kappa shape index (κ1) is 17.3. The lowest BCUT2D eigenvalue weighted by molar-refractivity contribution is 0.602. The maximum atomic E-state index is 11.6. The summed E-state index contributed by atoms with van der Waals surface area (Å²) in [4.78, 5) is 8.71. The minimum Gasteiger partial charge on any atom is -0.366 e. The molecule has 1 aromatic carbocycles. The minimum atomic E-state index is -2.95. The average molecular weight is 387 g/mol. The van der Waals surface area contributed by atoms with Crippen molar-refractivity contribution in [2.45, 2.75) is 19.4 Å². The van der Waals surface area contributed by atoms with Gasteiger partial charge in [-0.3, -0.25) is 0 Å². The fraction of sp³-hybridized carbons (Fsp3) is 0.333. The molecule has 0 amide bonds. The predicted octanol–water partition coefficient (Wildman–Crippen LogP) is 3.43. The Hall–Kier alpha value is -1.57. The summed E-state index contributed by atoms with van der Waals surface area (Å²) in [5, 5.41) is 7.22. The molecule has 6 nitrogen and oxygen atoms in total. The predicted molar refractivity (Wildman–Crippen MR) is 97.2 cm³/mol.